The van der Waals surface area contributed by atoms with Gasteiger partial charge in [0.1, 0.15) is 10.7 Å². The number of aromatic nitrogens is 1. The molecule has 0 unspecified atom stereocenters. The smallest absolute Gasteiger partial charge is 0.263 e. The van der Waals surface area contributed by atoms with Crippen molar-refractivity contribution in [3.8, 4) is 0 Å². The molecule has 1 aromatic rings. The molecule has 1 fully saturated rings. The van der Waals surface area contributed by atoms with E-state index in [9.17, 15) is 14.4 Å². The van der Waals surface area contributed by atoms with E-state index < -0.39 is 0 Å². The van der Waals surface area contributed by atoms with Crippen molar-refractivity contribution >= 4 is 34.1 Å². The summed E-state index contributed by atoms with van der Waals surface area (Å²) in [5, 5.41) is 6.10. The van der Waals surface area contributed by atoms with Crippen LogP contribution < -0.4 is 10.6 Å². The van der Waals surface area contributed by atoms with Gasteiger partial charge in [-0.1, -0.05) is 11.3 Å². The molecule has 2 heterocycles. The van der Waals surface area contributed by atoms with Crippen LogP contribution in [0.15, 0.2) is 0 Å². The highest BCUT2D eigenvalue weighted by Crippen LogP contribution is 2.28. The Kier molecular flexibility index (Phi) is 4.01. The van der Waals surface area contributed by atoms with Crippen LogP contribution in [-0.2, 0) is 16.0 Å². The molecule has 0 atom stereocenters. The number of carbonyl (C=O) groups is 3. The fourth-order valence-corrected chi connectivity index (χ4v) is 3.63. The fraction of sp³-hybridized carbons (Fsp3) is 0.571. The Morgan fingerprint density at radius 3 is 2.76 bits per heavy atom. The van der Waals surface area contributed by atoms with Crippen LogP contribution in [0.25, 0.3) is 0 Å². The van der Waals surface area contributed by atoms with Crippen LogP contribution in [0.2, 0.25) is 0 Å². The number of amides is 2. The minimum Gasteiger partial charge on any atom is -0.351 e. The Hall–Kier alpha value is -1.76. The number of fused-ring (bicyclic) bond motifs is 1. The van der Waals surface area contributed by atoms with Crippen molar-refractivity contribution in [2.45, 2.75) is 38.5 Å². The second-order valence-electron chi connectivity index (χ2n) is 5.46. The Morgan fingerprint density at radius 2 is 2.00 bits per heavy atom. The van der Waals surface area contributed by atoms with Crippen LogP contribution in [0.1, 0.15) is 47.5 Å². The molecular weight excluding hydrogens is 290 g/mol. The molecule has 3 rings (SSSR count). The first kappa shape index (κ1) is 14.2. The second-order valence-corrected chi connectivity index (χ2v) is 6.46. The van der Waals surface area contributed by atoms with E-state index in [1.165, 1.54) is 11.3 Å². The van der Waals surface area contributed by atoms with Crippen molar-refractivity contribution in [3.63, 3.8) is 0 Å². The van der Waals surface area contributed by atoms with Gasteiger partial charge in [-0.25, -0.2) is 4.98 Å². The molecule has 0 spiro atoms. The van der Waals surface area contributed by atoms with Gasteiger partial charge in [0, 0.05) is 25.3 Å². The number of aryl methyl sites for hydroxylation is 1. The average Bonchev–Trinajstić information content (AvgIpc) is 2.79. The predicted molar refractivity (Wildman–Crippen MR) is 78.4 cm³/mol. The zero-order valence-electron chi connectivity index (χ0n) is 11.6. The van der Waals surface area contributed by atoms with Crippen molar-refractivity contribution < 1.29 is 14.4 Å². The third kappa shape index (κ3) is 3.12. The molecule has 0 saturated heterocycles. The summed E-state index contributed by atoms with van der Waals surface area (Å²) in [6, 6.07) is 0. The summed E-state index contributed by atoms with van der Waals surface area (Å²) in [6.07, 6.45) is 3.79. The van der Waals surface area contributed by atoms with Gasteiger partial charge in [0.05, 0.1) is 5.69 Å². The van der Waals surface area contributed by atoms with Crippen molar-refractivity contribution in [1.29, 1.82) is 0 Å². The molecule has 0 aromatic carbocycles. The minimum atomic E-state index is -0.125. The zero-order valence-corrected chi connectivity index (χ0v) is 12.4. The lowest BCUT2D eigenvalue weighted by Gasteiger charge is -2.19. The van der Waals surface area contributed by atoms with Gasteiger partial charge >= 0.3 is 0 Å². The van der Waals surface area contributed by atoms with Gasteiger partial charge < -0.3 is 10.6 Å². The zero-order chi connectivity index (χ0) is 14.8. The van der Waals surface area contributed by atoms with Gasteiger partial charge in [-0.05, 0) is 25.7 Å². The van der Waals surface area contributed by atoms with E-state index in [1.807, 2.05) is 0 Å². The fourth-order valence-electron chi connectivity index (χ4n) is 2.70. The topological polar surface area (TPSA) is 88.2 Å². The largest absolute Gasteiger partial charge is 0.351 e. The minimum absolute atomic E-state index is 0.0909. The van der Waals surface area contributed by atoms with Crippen LogP contribution in [0.4, 0.5) is 5.13 Å². The number of nitrogens with zero attached hydrogens (tertiary/aromatic N) is 1. The van der Waals surface area contributed by atoms with Crippen molar-refractivity contribution in [2.24, 2.45) is 5.92 Å². The number of Topliss-reactive ketones (excluding diaryl/α,β-unsaturated/α-hetero) is 1. The van der Waals surface area contributed by atoms with Crippen molar-refractivity contribution in [3.05, 3.63) is 10.6 Å². The molecule has 6 nitrogen and oxygen atoms in total. The first-order valence-electron chi connectivity index (χ1n) is 7.24. The van der Waals surface area contributed by atoms with E-state index in [-0.39, 0.29) is 23.5 Å². The highest BCUT2D eigenvalue weighted by molar-refractivity contribution is 7.17. The maximum atomic E-state index is 12.2. The van der Waals surface area contributed by atoms with Gasteiger partial charge in [0.15, 0.2) is 5.13 Å². The molecule has 2 amide bonds. The Bertz CT molecular complexity index is 586. The molecule has 1 saturated carbocycles. The molecule has 0 bridgehead atoms. The van der Waals surface area contributed by atoms with E-state index in [0.29, 0.717) is 42.2 Å². The molecule has 21 heavy (non-hydrogen) atoms. The lowest BCUT2D eigenvalue weighted by atomic mass is 9.88. The summed E-state index contributed by atoms with van der Waals surface area (Å²) in [6.45, 7) is 0.666. The van der Waals surface area contributed by atoms with E-state index in [0.717, 1.165) is 18.5 Å². The van der Waals surface area contributed by atoms with Gasteiger partial charge in [0.2, 0.25) is 5.91 Å². The number of hydrogen-bond donors (Lipinski definition) is 2. The molecule has 1 aliphatic carbocycles. The van der Waals surface area contributed by atoms with Crippen molar-refractivity contribution in [1.82, 2.24) is 10.3 Å². The number of rotatable bonds is 2. The SMILES string of the molecule is O=C1CCC(C(=O)Nc2nc3c(s2)C(=O)NCCC3)CC1. The third-order valence-electron chi connectivity index (χ3n) is 3.92. The second kappa shape index (κ2) is 5.93. The van der Waals surface area contributed by atoms with E-state index in [1.54, 1.807) is 0 Å². The first-order chi connectivity index (χ1) is 10.1. The van der Waals surface area contributed by atoms with Gasteiger partial charge in [-0.3, -0.25) is 14.4 Å². The number of ketones is 1. The Morgan fingerprint density at radius 1 is 1.24 bits per heavy atom. The van der Waals surface area contributed by atoms with Crippen LogP contribution in [0.3, 0.4) is 0 Å². The predicted octanol–water partition coefficient (Wildman–Crippen LogP) is 1.52. The Balaban J connectivity index is 1.68. The molecule has 1 aliphatic heterocycles. The van der Waals surface area contributed by atoms with Gasteiger partial charge in [0.25, 0.3) is 5.91 Å². The summed E-state index contributed by atoms with van der Waals surface area (Å²) in [5.41, 5.74) is 0.768. The normalized spacial score (nSPS) is 19.6. The highest BCUT2D eigenvalue weighted by atomic mass is 32.1. The molecular formula is C14H17N3O3S. The number of anilines is 1. The average molecular weight is 307 g/mol. The van der Waals surface area contributed by atoms with Crippen LogP contribution >= 0.6 is 11.3 Å². The molecule has 1 aromatic heterocycles. The lowest BCUT2D eigenvalue weighted by Crippen LogP contribution is -2.27. The number of thiazole rings is 1. The Labute approximate surface area is 126 Å². The summed E-state index contributed by atoms with van der Waals surface area (Å²) in [4.78, 5) is 40.2. The van der Waals surface area contributed by atoms with E-state index >= 15 is 0 Å². The quantitative estimate of drug-likeness (QED) is 0.867. The maximum Gasteiger partial charge on any atom is 0.263 e. The highest BCUT2D eigenvalue weighted by Gasteiger charge is 2.27. The summed E-state index contributed by atoms with van der Waals surface area (Å²) >= 11 is 1.23. The van der Waals surface area contributed by atoms with E-state index in [2.05, 4.69) is 15.6 Å². The van der Waals surface area contributed by atoms with Gasteiger partial charge in [-0.2, -0.15) is 0 Å². The summed E-state index contributed by atoms with van der Waals surface area (Å²) in [5.74, 6) is -0.0903. The maximum absolute atomic E-state index is 12.2. The molecule has 2 aliphatic rings. The summed E-state index contributed by atoms with van der Waals surface area (Å²) in [7, 11) is 0. The number of hydrogen-bond acceptors (Lipinski definition) is 5. The monoisotopic (exact) mass is 307 g/mol. The van der Waals surface area contributed by atoms with Crippen LogP contribution in [0.5, 0.6) is 0 Å². The molecule has 7 heteroatoms. The van der Waals surface area contributed by atoms with Crippen molar-refractivity contribution in [2.75, 3.05) is 11.9 Å². The number of nitrogens with one attached hydrogen (secondary N) is 2. The molecule has 112 valence electrons. The van der Waals surface area contributed by atoms with Gasteiger partial charge in [-0.15, -0.1) is 0 Å². The molecule has 2 N–H and O–H groups in total. The first-order valence-corrected chi connectivity index (χ1v) is 8.05. The standard InChI is InChI=1S/C14H17N3O3S/c18-9-5-3-8(4-6-9)12(19)17-14-16-10-2-1-7-15-13(20)11(10)21-14/h8H,1-7H2,(H,15,20)(H,16,17,19). The molecule has 0 radical (unpaired) electrons. The lowest BCUT2D eigenvalue weighted by molar-refractivity contribution is -0.125. The number of carbonyl (C=O) groups excluding carboxylic acids is 3. The van der Waals surface area contributed by atoms with E-state index in [4.69, 9.17) is 0 Å². The van der Waals surface area contributed by atoms with Crippen LogP contribution in [0, 0.1) is 5.92 Å². The summed E-state index contributed by atoms with van der Waals surface area (Å²) < 4.78 is 0. The van der Waals surface area contributed by atoms with Crippen LogP contribution in [-0.4, -0.2) is 29.1 Å². The third-order valence-corrected chi connectivity index (χ3v) is 4.94.